The first kappa shape index (κ1) is 10.3. The third-order valence-electron chi connectivity index (χ3n) is 2.39. The Morgan fingerprint density at radius 2 is 2.46 bits per heavy atom. The Morgan fingerprint density at radius 3 is 3.00 bits per heavy atom. The molecule has 0 amide bonds. The number of hydrogen-bond donors (Lipinski definition) is 1. The maximum atomic E-state index is 3.75. The maximum Gasteiger partial charge on any atom is 0.00206 e. The van der Waals surface area contributed by atoms with Crippen LogP contribution in [0, 0.1) is 5.92 Å². The van der Waals surface area contributed by atoms with Crippen LogP contribution in [0.3, 0.4) is 0 Å². The van der Waals surface area contributed by atoms with Crippen LogP contribution in [0.4, 0.5) is 0 Å². The summed E-state index contributed by atoms with van der Waals surface area (Å²) in [5.74, 6) is 0.695. The Balaban J connectivity index is 2.60. The molecule has 1 aliphatic heterocycles. The fraction of sp³-hybridized carbons (Fsp3) is 0.500. The summed E-state index contributed by atoms with van der Waals surface area (Å²) in [6.07, 6.45) is 10.8. The van der Waals surface area contributed by atoms with Crippen molar-refractivity contribution in [3.8, 4) is 0 Å². The second-order valence-corrected chi connectivity index (χ2v) is 3.40. The van der Waals surface area contributed by atoms with Gasteiger partial charge in [-0.3, -0.25) is 0 Å². The van der Waals surface area contributed by atoms with Gasteiger partial charge in [0, 0.05) is 6.54 Å². The van der Waals surface area contributed by atoms with Crippen LogP contribution in [0.2, 0.25) is 0 Å². The van der Waals surface area contributed by atoms with Gasteiger partial charge in [0.05, 0.1) is 0 Å². The molecule has 1 heterocycles. The summed E-state index contributed by atoms with van der Waals surface area (Å²) in [6, 6.07) is 0. The molecular weight excluding hydrogens is 158 g/mol. The van der Waals surface area contributed by atoms with Crippen molar-refractivity contribution in [3.05, 3.63) is 36.5 Å². The summed E-state index contributed by atoms with van der Waals surface area (Å²) < 4.78 is 0. The summed E-state index contributed by atoms with van der Waals surface area (Å²) in [6.45, 7) is 8.18. The Labute approximate surface area is 81.2 Å². The Morgan fingerprint density at radius 1 is 1.62 bits per heavy atom. The molecule has 0 bridgehead atoms. The van der Waals surface area contributed by atoms with Gasteiger partial charge in [-0.25, -0.2) is 0 Å². The van der Waals surface area contributed by atoms with Crippen molar-refractivity contribution in [3.63, 3.8) is 0 Å². The van der Waals surface area contributed by atoms with E-state index in [1.807, 2.05) is 6.08 Å². The minimum Gasteiger partial charge on any atom is -0.316 e. The van der Waals surface area contributed by atoms with E-state index in [2.05, 4.69) is 37.0 Å². The molecule has 1 N–H and O–H groups in total. The molecule has 0 aliphatic carbocycles. The zero-order chi connectivity index (χ0) is 9.52. The molecule has 1 fully saturated rings. The predicted octanol–water partition coefficient (Wildman–Crippen LogP) is 2.67. The highest BCUT2D eigenvalue weighted by molar-refractivity contribution is 5.26. The van der Waals surface area contributed by atoms with E-state index in [0.717, 1.165) is 19.5 Å². The minimum absolute atomic E-state index is 0.695. The third-order valence-corrected chi connectivity index (χ3v) is 2.39. The molecule has 1 rings (SSSR count). The summed E-state index contributed by atoms with van der Waals surface area (Å²) in [7, 11) is 0. The average Bonchev–Trinajstić information content (AvgIpc) is 2.65. The van der Waals surface area contributed by atoms with E-state index in [0.29, 0.717) is 5.92 Å². The van der Waals surface area contributed by atoms with Gasteiger partial charge < -0.3 is 5.32 Å². The van der Waals surface area contributed by atoms with Gasteiger partial charge in [0.25, 0.3) is 0 Å². The topological polar surface area (TPSA) is 12.0 Å². The number of hydrogen-bond acceptors (Lipinski definition) is 1. The van der Waals surface area contributed by atoms with Crippen LogP contribution in [0.15, 0.2) is 36.5 Å². The molecular formula is C12H19N. The second-order valence-electron chi connectivity index (χ2n) is 3.40. The first-order valence-corrected chi connectivity index (χ1v) is 5.08. The van der Waals surface area contributed by atoms with Crippen LogP contribution in [0.5, 0.6) is 0 Å². The smallest absolute Gasteiger partial charge is 0.00206 e. The molecule has 1 nitrogen and oxygen atoms in total. The van der Waals surface area contributed by atoms with E-state index in [4.69, 9.17) is 0 Å². The van der Waals surface area contributed by atoms with Gasteiger partial charge >= 0.3 is 0 Å². The zero-order valence-corrected chi connectivity index (χ0v) is 8.42. The van der Waals surface area contributed by atoms with Crippen LogP contribution in [-0.2, 0) is 0 Å². The number of allylic oxidation sites excluding steroid dienone is 4. The Hall–Kier alpha value is -0.820. The molecule has 72 valence electrons. The molecule has 0 aromatic rings. The first-order chi connectivity index (χ1) is 6.38. The largest absolute Gasteiger partial charge is 0.316 e. The van der Waals surface area contributed by atoms with Crippen LogP contribution in [-0.4, -0.2) is 13.1 Å². The van der Waals surface area contributed by atoms with Crippen molar-refractivity contribution >= 4 is 0 Å². The lowest BCUT2D eigenvalue weighted by Gasteiger charge is -2.08. The molecule has 1 atom stereocenters. The van der Waals surface area contributed by atoms with Crippen LogP contribution >= 0.6 is 0 Å². The summed E-state index contributed by atoms with van der Waals surface area (Å²) in [5, 5.41) is 3.38. The second kappa shape index (κ2) is 5.76. The van der Waals surface area contributed by atoms with Gasteiger partial charge in [-0.15, -0.1) is 0 Å². The fourth-order valence-electron chi connectivity index (χ4n) is 1.66. The zero-order valence-electron chi connectivity index (χ0n) is 8.42. The van der Waals surface area contributed by atoms with Crippen molar-refractivity contribution in [2.45, 2.75) is 19.8 Å². The molecule has 0 saturated carbocycles. The molecule has 0 aromatic heterocycles. The van der Waals surface area contributed by atoms with Gasteiger partial charge in [-0.05, 0) is 30.9 Å². The molecule has 1 aliphatic rings. The predicted molar refractivity (Wildman–Crippen MR) is 58.7 cm³/mol. The van der Waals surface area contributed by atoms with E-state index in [1.54, 1.807) is 0 Å². The number of rotatable bonds is 4. The van der Waals surface area contributed by atoms with Gasteiger partial charge in [0.1, 0.15) is 0 Å². The van der Waals surface area contributed by atoms with Gasteiger partial charge in [-0.1, -0.05) is 37.8 Å². The molecule has 13 heavy (non-hydrogen) atoms. The molecule has 1 unspecified atom stereocenters. The summed E-state index contributed by atoms with van der Waals surface area (Å²) >= 11 is 0. The summed E-state index contributed by atoms with van der Waals surface area (Å²) in [5.41, 5.74) is 1.42. The number of nitrogens with one attached hydrogen (secondary N) is 1. The molecule has 1 heteroatoms. The van der Waals surface area contributed by atoms with Gasteiger partial charge in [-0.2, -0.15) is 0 Å². The highest BCUT2D eigenvalue weighted by Gasteiger charge is 2.16. The lowest BCUT2D eigenvalue weighted by Crippen LogP contribution is -2.09. The Kier molecular flexibility index (Phi) is 4.55. The molecule has 1 saturated heterocycles. The van der Waals surface area contributed by atoms with Crippen molar-refractivity contribution in [2.24, 2.45) is 5.92 Å². The highest BCUT2D eigenvalue weighted by Crippen LogP contribution is 2.19. The maximum absolute atomic E-state index is 3.75. The SMILES string of the molecule is C=C/C=C(\C=C/CC)C1CCNC1. The standard InChI is InChI=1S/C12H19N/c1-3-5-7-11(6-4-2)12-8-9-13-10-12/h4-7,12-13H,2-3,8-10H2,1H3/b7-5-,11-6+. The molecule has 0 aromatic carbocycles. The highest BCUT2D eigenvalue weighted by atomic mass is 14.9. The van der Waals surface area contributed by atoms with E-state index in [9.17, 15) is 0 Å². The van der Waals surface area contributed by atoms with Crippen LogP contribution < -0.4 is 5.32 Å². The van der Waals surface area contributed by atoms with Crippen LogP contribution in [0.1, 0.15) is 19.8 Å². The van der Waals surface area contributed by atoms with Crippen molar-refractivity contribution in [1.82, 2.24) is 5.32 Å². The monoisotopic (exact) mass is 177 g/mol. The van der Waals surface area contributed by atoms with Crippen LogP contribution in [0.25, 0.3) is 0 Å². The van der Waals surface area contributed by atoms with Gasteiger partial charge in [0.15, 0.2) is 0 Å². The van der Waals surface area contributed by atoms with E-state index in [-0.39, 0.29) is 0 Å². The minimum atomic E-state index is 0.695. The normalized spacial score (nSPS) is 24.1. The van der Waals surface area contributed by atoms with E-state index < -0.39 is 0 Å². The molecule has 0 spiro atoms. The van der Waals surface area contributed by atoms with Crippen molar-refractivity contribution in [2.75, 3.05) is 13.1 Å². The fourth-order valence-corrected chi connectivity index (χ4v) is 1.66. The van der Waals surface area contributed by atoms with Crippen molar-refractivity contribution < 1.29 is 0 Å². The lowest BCUT2D eigenvalue weighted by atomic mass is 9.97. The Bertz CT molecular complexity index is 207. The molecule has 0 radical (unpaired) electrons. The van der Waals surface area contributed by atoms with Gasteiger partial charge in [0.2, 0.25) is 0 Å². The average molecular weight is 177 g/mol. The third kappa shape index (κ3) is 3.19. The summed E-state index contributed by atoms with van der Waals surface area (Å²) in [4.78, 5) is 0. The van der Waals surface area contributed by atoms with Crippen molar-refractivity contribution in [1.29, 1.82) is 0 Å². The lowest BCUT2D eigenvalue weighted by molar-refractivity contribution is 0.697. The van der Waals surface area contributed by atoms with E-state index >= 15 is 0 Å². The van der Waals surface area contributed by atoms with E-state index in [1.165, 1.54) is 12.0 Å². The quantitative estimate of drug-likeness (QED) is 0.651. The first-order valence-electron chi connectivity index (χ1n) is 5.08.